The molecule has 0 unspecified atom stereocenters. The van der Waals surface area contributed by atoms with Crippen LogP contribution in [0.3, 0.4) is 0 Å². The fourth-order valence-electron chi connectivity index (χ4n) is 3.35. The average molecular weight is 246 g/mol. The summed E-state index contributed by atoms with van der Waals surface area (Å²) in [5.74, 6) is 0.276. The largest absolute Gasteiger partial charge is 0.396 e. The molecule has 2 aliphatic rings. The van der Waals surface area contributed by atoms with Gasteiger partial charge in [0.2, 0.25) is 5.91 Å². The number of carbonyl (C=O) groups is 1. The van der Waals surface area contributed by atoms with E-state index < -0.39 is 5.38 Å². The molecule has 0 bridgehead atoms. The molecule has 1 saturated heterocycles. The van der Waals surface area contributed by atoms with Crippen LogP contribution in [0.1, 0.15) is 32.6 Å². The Morgan fingerprint density at radius 3 is 2.69 bits per heavy atom. The van der Waals surface area contributed by atoms with Crippen LogP contribution < -0.4 is 0 Å². The van der Waals surface area contributed by atoms with Crippen molar-refractivity contribution in [2.24, 2.45) is 11.3 Å². The lowest BCUT2D eigenvalue weighted by Crippen LogP contribution is -2.35. The Hall–Kier alpha value is -0.280. The Balaban J connectivity index is 2.10. The number of amides is 1. The zero-order chi connectivity index (χ0) is 11.8. The highest BCUT2D eigenvalue weighted by atomic mass is 35.5. The molecule has 1 saturated carbocycles. The summed E-state index contributed by atoms with van der Waals surface area (Å²) < 4.78 is 0. The van der Waals surface area contributed by atoms with Gasteiger partial charge in [0.05, 0.1) is 0 Å². The van der Waals surface area contributed by atoms with Gasteiger partial charge in [-0.15, -0.1) is 11.6 Å². The maximum atomic E-state index is 11.9. The van der Waals surface area contributed by atoms with Crippen molar-refractivity contribution in [3.05, 3.63) is 0 Å². The molecule has 1 amide bonds. The fourth-order valence-corrected chi connectivity index (χ4v) is 3.49. The summed E-state index contributed by atoms with van der Waals surface area (Å²) in [7, 11) is 0. The van der Waals surface area contributed by atoms with Crippen molar-refractivity contribution in [3.8, 4) is 0 Å². The minimum absolute atomic E-state index is 0.0175. The van der Waals surface area contributed by atoms with Gasteiger partial charge in [0.25, 0.3) is 0 Å². The molecular weight excluding hydrogens is 226 g/mol. The highest BCUT2D eigenvalue weighted by Gasteiger charge is 2.49. The quantitative estimate of drug-likeness (QED) is 0.752. The van der Waals surface area contributed by atoms with E-state index >= 15 is 0 Å². The second-order valence-electron chi connectivity index (χ2n) is 5.28. The third-order valence-corrected chi connectivity index (χ3v) is 4.47. The molecule has 3 nitrogen and oxygen atoms in total. The molecule has 4 heteroatoms. The van der Waals surface area contributed by atoms with E-state index in [0.717, 1.165) is 19.4 Å². The van der Waals surface area contributed by atoms with Gasteiger partial charge in [-0.25, -0.2) is 0 Å². The standard InChI is InChI=1S/C12H20ClNO2/c1-9(13)11(16)14-6-10(7-15)12(8-14)4-2-3-5-12/h9-10,15H,2-8H2,1H3/t9-,10+/m0/s1. The molecule has 2 rings (SSSR count). The summed E-state index contributed by atoms with van der Waals surface area (Å²) in [6.45, 7) is 3.40. The summed E-state index contributed by atoms with van der Waals surface area (Å²) in [5, 5.41) is 9.01. The lowest BCUT2D eigenvalue weighted by atomic mass is 9.77. The molecule has 0 radical (unpaired) electrons. The first-order chi connectivity index (χ1) is 7.59. The number of aliphatic hydroxyl groups is 1. The Morgan fingerprint density at radius 2 is 2.19 bits per heavy atom. The lowest BCUT2D eigenvalue weighted by Gasteiger charge is -2.28. The third-order valence-electron chi connectivity index (χ3n) is 4.28. The lowest BCUT2D eigenvalue weighted by molar-refractivity contribution is -0.129. The van der Waals surface area contributed by atoms with Crippen molar-refractivity contribution >= 4 is 17.5 Å². The van der Waals surface area contributed by atoms with Gasteiger partial charge in [0.1, 0.15) is 5.38 Å². The third kappa shape index (κ3) is 1.95. The van der Waals surface area contributed by atoms with E-state index in [0.29, 0.717) is 6.54 Å². The monoisotopic (exact) mass is 245 g/mol. The molecule has 0 aromatic rings. The normalized spacial score (nSPS) is 29.9. The summed E-state index contributed by atoms with van der Waals surface area (Å²) in [6.07, 6.45) is 4.77. The maximum absolute atomic E-state index is 11.9. The first kappa shape index (κ1) is 12.2. The van der Waals surface area contributed by atoms with Crippen molar-refractivity contribution in [2.75, 3.05) is 19.7 Å². The average Bonchev–Trinajstić information content (AvgIpc) is 2.86. The number of aliphatic hydroxyl groups excluding tert-OH is 1. The summed E-state index contributed by atoms with van der Waals surface area (Å²) in [5.41, 5.74) is 0.191. The highest BCUT2D eigenvalue weighted by molar-refractivity contribution is 6.30. The number of hydrogen-bond acceptors (Lipinski definition) is 2. The zero-order valence-electron chi connectivity index (χ0n) is 9.79. The van der Waals surface area contributed by atoms with Crippen molar-refractivity contribution in [3.63, 3.8) is 0 Å². The second-order valence-corrected chi connectivity index (χ2v) is 5.94. The predicted octanol–water partition coefficient (Wildman–Crippen LogP) is 1.62. The van der Waals surface area contributed by atoms with E-state index in [9.17, 15) is 9.90 Å². The topological polar surface area (TPSA) is 40.5 Å². The fraction of sp³-hybridized carbons (Fsp3) is 0.917. The number of nitrogens with zero attached hydrogens (tertiary/aromatic N) is 1. The molecule has 0 aromatic carbocycles. The van der Waals surface area contributed by atoms with Gasteiger partial charge in [-0.2, -0.15) is 0 Å². The van der Waals surface area contributed by atoms with Crippen LogP contribution in [0.4, 0.5) is 0 Å². The minimum Gasteiger partial charge on any atom is -0.396 e. The van der Waals surface area contributed by atoms with Gasteiger partial charge in [0, 0.05) is 25.6 Å². The number of halogens is 1. The molecule has 0 aromatic heterocycles. The predicted molar refractivity (Wildman–Crippen MR) is 63.4 cm³/mol. The Kier molecular flexibility index (Phi) is 3.45. The van der Waals surface area contributed by atoms with Crippen LogP contribution in [-0.2, 0) is 4.79 Å². The van der Waals surface area contributed by atoms with Crippen molar-refractivity contribution in [2.45, 2.75) is 38.0 Å². The van der Waals surface area contributed by atoms with Crippen molar-refractivity contribution in [1.82, 2.24) is 4.90 Å². The first-order valence-corrected chi connectivity index (χ1v) is 6.56. The van der Waals surface area contributed by atoms with Crippen LogP contribution in [0, 0.1) is 11.3 Å². The first-order valence-electron chi connectivity index (χ1n) is 6.13. The second kappa shape index (κ2) is 4.53. The molecule has 2 atom stereocenters. The SMILES string of the molecule is C[C@H](Cl)C(=O)N1C[C@H](CO)C2(CCCC2)C1. The number of carbonyl (C=O) groups excluding carboxylic acids is 1. The van der Waals surface area contributed by atoms with E-state index in [4.69, 9.17) is 11.6 Å². The molecular formula is C12H20ClNO2. The summed E-state index contributed by atoms with van der Waals surface area (Å²) >= 11 is 5.84. The number of hydrogen-bond donors (Lipinski definition) is 1. The molecule has 1 aliphatic carbocycles. The zero-order valence-corrected chi connectivity index (χ0v) is 10.5. The number of alkyl halides is 1. The highest BCUT2D eigenvalue weighted by Crippen LogP contribution is 2.48. The maximum Gasteiger partial charge on any atom is 0.240 e. The van der Waals surface area contributed by atoms with Gasteiger partial charge < -0.3 is 10.0 Å². The summed E-state index contributed by atoms with van der Waals surface area (Å²) in [4.78, 5) is 13.7. The van der Waals surface area contributed by atoms with Gasteiger partial charge >= 0.3 is 0 Å². The van der Waals surface area contributed by atoms with Crippen LogP contribution in [0.15, 0.2) is 0 Å². The minimum atomic E-state index is -0.448. The molecule has 1 spiro atoms. The van der Waals surface area contributed by atoms with Gasteiger partial charge in [-0.05, 0) is 25.2 Å². The summed E-state index contributed by atoms with van der Waals surface area (Å²) in [6, 6.07) is 0. The van der Waals surface area contributed by atoms with E-state index in [1.54, 1.807) is 6.92 Å². The molecule has 2 fully saturated rings. The Labute approximate surface area is 102 Å². The van der Waals surface area contributed by atoms with E-state index in [1.165, 1.54) is 12.8 Å². The molecule has 1 heterocycles. The van der Waals surface area contributed by atoms with Gasteiger partial charge in [0.15, 0.2) is 0 Å². The molecule has 92 valence electrons. The van der Waals surface area contributed by atoms with Crippen LogP contribution in [0.25, 0.3) is 0 Å². The number of rotatable bonds is 2. The van der Waals surface area contributed by atoms with Gasteiger partial charge in [-0.3, -0.25) is 4.79 Å². The molecule has 1 N–H and O–H groups in total. The van der Waals surface area contributed by atoms with E-state index in [1.807, 2.05) is 4.90 Å². The Bertz CT molecular complexity index is 274. The van der Waals surface area contributed by atoms with Crippen molar-refractivity contribution < 1.29 is 9.90 Å². The van der Waals surface area contributed by atoms with E-state index in [2.05, 4.69) is 0 Å². The van der Waals surface area contributed by atoms with E-state index in [-0.39, 0.29) is 23.8 Å². The number of likely N-dealkylation sites (tertiary alicyclic amines) is 1. The van der Waals surface area contributed by atoms with Crippen LogP contribution in [0.5, 0.6) is 0 Å². The van der Waals surface area contributed by atoms with Gasteiger partial charge in [-0.1, -0.05) is 12.8 Å². The molecule has 1 aliphatic heterocycles. The van der Waals surface area contributed by atoms with Crippen LogP contribution in [0.2, 0.25) is 0 Å². The smallest absolute Gasteiger partial charge is 0.240 e. The van der Waals surface area contributed by atoms with Crippen molar-refractivity contribution in [1.29, 1.82) is 0 Å². The van der Waals surface area contributed by atoms with Crippen LogP contribution in [-0.4, -0.2) is 41.0 Å². The molecule has 16 heavy (non-hydrogen) atoms. The Morgan fingerprint density at radius 1 is 1.56 bits per heavy atom. The van der Waals surface area contributed by atoms with Crippen LogP contribution >= 0.6 is 11.6 Å².